The number of amides is 3. The van der Waals surface area contributed by atoms with E-state index in [-0.39, 0.29) is 6.07 Å². The molecular formula is C15H6F8N2O2S. The number of thioether (sulfide) groups is 1. The molecule has 0 aliphatic heterocycles. The highest BCUT2D eigenvalue weighted by atomic mass is 32.2. The third-order valence-electron chi connectivity index (χ3n) is 3.01. The number of rotatable bonds is 3. The number of anilines is 1. The van der Waals surface area contributed by atoms with Crippen LogP contribution in [0.3, 0.4) is 0 Å². The van der Waals surface area contributed by atoms with Crippen molar-refractivity contribution in [2.75, 3.05) is 5.32 Å². The summed E-state index contributed by atoms with van der Waals surface area (Å²) in [5.41, 5.74) is -7.73. The molecule has 0 bridgehead atoms. The fourth-order valence-corrected chi connectivity index (χ4v) is 2.50. The SMILES string of the molecule is O=C(NC(=O)c1c(F)cccc1F)Nc1c(F)cc(SC(F)(F)F)c(F)c1F. The first-order valence-electron chi connectivity index (χ1n) is 6.90. The van der Waals surface area contributed by atoms with Crippen molar-refractivity contribution in [2.45, 2.75) is 10.4 Å². The average molecular weight is 430 g/mol. The van der Waals surface area contributed by atoms with Crippen molar-refractivity contribution >= 4 is 29.4 Å². The third kappa shape index (κ3) is 4.91. The Hall–Kier alpha value is -2.83. The van der Waals surface area contributed by atoms with Crippen LogP contribution >= 0.6 is 11.8 Å². The molecule has 0 heterocycles. The highest BCUT2D eigenvalue weighted by Crippen LogP contribution is 2.40. The fraction of sp³-hybridized carbons (Fsp3) is 0.0667. The van der Waals surface area contributed by atoms with Crippen molar-refractivity contribution in [2.24, 2.45) is 0 Å². The summed E-state index contributed by atoms with van der Waals surface area (Å²) < 4.78 is 105. The van der Waals surface area contributed by atoms with Crippen molar-refractivity contribution in [1.29, 1.82) is 0 Å². The first-order chi connectivity index (χ1) is 12.9. The Bertz CT molecular complexity index is 928. The van der Waals surface area contributed by atoms with Gasteiger partial charge in [-0.3, -0.25) is 10.1 Å². The molecule has 2 aromatic carbocycles. The van der Waals surface area contributed by atoms with Gasteiger partial charge in [-0.05, 0) is 30.0 Å². The summed E-state index contributed by atoms with van der Waals surface area (Å²) >= 11 is -1.13. The van der Waals surface area contributed by atoms with Gasteiger partial charge in [-0.15, -0.1) is 0 Å². The van der Waals surface area contributed by atoms with E-state index in [1.807, 2.05) is 0 Å². The Morgan fingerprint density at radius 3 is 2.00 bits per heavy atom. The third-order valence-corrected chi connectivity index (χ3v) is 3.75. The zero-order valence-corrected chi connectivity index (χ0v) is 13.9. The normalized spacial score (nSPS) is 11.3. The van der Waals surface area contributed by atoms with Crippen LogP contribution in [0.25, 0.3) is 0 Å². The maximum Gasteiger partial charge on any atom is 0.446 e. The first-order valence-corrected chi connectivity index (χ1v) is 7.72. The summed E-state index contributed by atoms with van der Waals surface area (Å²) in [6.07, 6.45) is 0. The number of urea groups is 1. The molecule has 0 aliphatic carbocycles. The zero-order chi connectivity index (χ0) is 21.2. The van der Waals surface area contributed by atoms with Gasteiger partial charge in [0.15, 0.2) is 17.5 Å². The van der Waals surface area contributed by atoms with Gasteiger partial charge in [-0.25, -0.2) is 26.7 Å². The smallest absolute Gasteiger partial charge is 0.302 e. The maximum atomic E-state index is 13.8. The quantitative estimate of drug-likeness (QED) is 0.411. The minimum atomic E-state index is -5.04. The molecule has 0 unspecified atom stereocenters. The lowest BCUT2D eigenvalue weighted by atomic mass is 10.2. The van der Waals surface area contributed by atoms with Gasteiger partial charge >= 0.3 is 11.5 Å². The van der Waals surface area contributed by atoms with Gasteiger partial charge < -0.3 is 5.32 Å². The molecule has 0 saturated carbocycles. The van der Waals surface area contributed by atoms with E-state index in [2.05, 4.69) is 0 Å². The van der Waals surface area contributed by atoms with Crippen LogP contribution in [0.4, 0.5) is 45.6 Å². The summed E-state index contributed by atoms with van der Waals surface area (Å²) in [4.78, 5) is 21.9. The number of alkyl halides is 3. The van der Waals surface area contributed by atoms with Gasteiger partial charge in [-0.2, -0.15) is 13.2 Å². The Morgan fingerprint density at radius 2 is 1.46 bits per heavy atom. The largest absolute Gasteiger partial charge is 0.446 e. The number of nitrogens with one attached hydrogen (secondary N) is 2. The highest BCUT2D eigenvalue weighted by Gasteiger charge is 2.33. The second kappa shape index (κ2) is 8.04. The van der Waals surface area contributed by atoms with Crippen LogP contribution in [-0.2, 0) is 0 Å². The van der Waals surface area contributed by atoms with E-state index in [0.717, 1.165) is 6.07 Å². The van der Waals surface area contributed by atoms with E-state index in [1.54, 1.807) is 0 Å². The fourth-order valence-electron chi connectivity index (χ4n) is 1.91. The summed E-state index contributed by atoms with van der Waals surface area (Å²) in [7, 11) is 0. The minimum Gasteiger partial charge on any atom is -0.302 e. The summed E-state index contributed by atoms with van der Waals surface area (Å²) in [6.45, 7) is 0. The van der Waals surface area contributed by atoms with E-state index in [9.17, 15) is 44.7 Å². The summed E-state index contributed by atoms with van der Waals surface area (Å²) in [6, 6.07) is 0.574. The van der Waals surface area contributed by atoms with Gasteiger partial charge in [0.2, 0.25) is 0 Å². The Balaban J connectivity index is 2.22. The van der Waals surface area contributed by atoms with E-state index < -0.39 is 74.4 Å². The molecule has 0 aromatic heterocycles. The van der Waals surface area contributed by atoms with E-state index in [1.165, 1.54) is 10.6 Å². The lowest BCUT2D eigenvalue weighted by Gasteiger charge is -2.12. The second-order valence-corrected chi connectivity index (χ2v) is 6.02. The standard InChI is InChI=1S/C15H6F8N2O2S/c16-5-2-1-3-6(17)9(5)13(26)25-14(27)24-12-7(18)4-8(10(19)11(12)20)28-15(21,22)23/h1-4H,(H2,24,25,26,27). The number of hydrogen-bond acceptors (Lipinski definition) is 3. The summed E-state index contributed by atoms with van der Waals surface area (Å²) in [5, 5.41) is 2.70. The zero-order valence-electron chi connectivity index (χ0n) is 13.1. The minimum absolute atomic E-state index is 0.0233. The molecule has 0 atom stereocenters. The van der Waals surface area contributed by atoms with Crippen LogP contribution < -0.4 is 10.6 Å². The highest BCUT2D eigenvalue weighted by molar-refractivity contribution is 8.00. The molecule has 4 nitrogen and oxygen atoms in total. The van der Waals surface area contributed by atoms with Crippen LogP contribution in [0.5, 0.6) is 0 Å². The molecule has 0 aliphatic rings. The Kier molecular flexibility index (Phi) is 6.17. The van der Waals surface area contributed by atoms with Crippen LogP contribution in [0.1, 0.15) is 10.4 Å². The van der Waals surface area contributed by atoms with Crippen LogP contribution in [0, 0.1) is 29.1 Å². The maximum absolute atomic E-state index is 13.8. The molecule has 2 rings (SSSR count). The number of imide groups is 1. The predicted molar refractivity (Wildman–Crippen MR) is 81.1 cm³/mol. The molecule has 2 aromatic rings. The lowest BCUT2D eigenvalue weighted by molar-refractivity contribution is -0.0329. The van der Waals surface area contributed by atoms with Gasteiger partial charge in [-0.1, -0.05) is 6.07 Å². The van der Waals surface area contributed by atoms with Gasteiger partial charge in [0.25, 0.3) is 5.91 Å². The van der Waals surface area contributed by atoms with E-state index in [0.29, 0.717) is 12.1 Å². The number of benzene rings is 2. The van der Waals surface area contributed by atoms with Crippen molar-refractivity contribution in [3.63, 3.8) is 0 Å². The van der Waals surface area contributed by atoms with Crippen LogP contribution in [-0.4, -0.2) is 17.4 Å². The molecule has 3 amide bonds. The predicted octanol–water partition coefficient (Wildman–Crippen LogP) is 4.96. The van der Waals surface area contributed by atoms with Crippen molar-refractivity contribution in [3.8, 4) is 0 Å². The molecule has 150 valence electrons. The first kappa shape index (κ1) is 21.5. The van der Waals surface area contributed by atoms with Crippen molar-refractivity contribution in [3.05, 3.63) is 58.9 Å². The molecule has 0 saturated heterocycles. The molecule has 0 spiro atoms. The Morgan fingerprint density at radius 1 is 0.893 bits per heavy atom. The monoisotopic (exact) mass is 430 g/mol. The number of halogens is 8. The average Bonchev–Trinajstić information content (AvgIpc) is 2.55. The molecule has 0 radical (unpaired) electrons. The van der Waals surface area contributed by atoms with Crippen molar-refractivity contribution in [1.82, 2.24) is 5.32 Å². The van der Waals surface area contributed by atoms with E-state index in [4.69, 9.17) is 0 Å². The number of carbonyl (C=O) groups excluding carboxylic acids is 2. The molecule has 0 fully saturated rings. The van der Waals surface area contributed by atoms with Gasteiger partial charge in [0.1, 0.15) is 22.9 Å². The Labute approximate surface area is 154 Å². The number of hydrogen-bond donors (Lipinski definition) is 2. The topological polar surface area (TPSA) is 58.2 Å². The summed E-state index contributed by atoms with van der Waals surface area (Å²) in [5.74, 6) is -10.4. The van der Waals surface area contributed by atoms with Gasteiger partial charge in [0.05, 0.1) is 4.90 Å². The van der Waals surface area contributed by atoms with Crippen LogP contribution in [0.15, 0.2) is 29.2 Å². The van der Waals surface area contributed by atoms with E-state index >= 15 is 0 Å². The van der Waals surface area contributed by atoms with Gasteiger partial charge in [0, 0.05) is 0 Å². The molecule has 2 N–H and O–H groups in total. The second-order valence-electron chi connectivity index (χ2n) is 4.91. The molecular weight excluding hydrogens is 424 g/mol. The van der Waals surface area contributed by atoms with Crippen molar-refractivity contribution < 1.29 is 44.7 Å². The van der Waals surface area contributed by atoms with Crippen LogP contribution in [0.2, 0.25) is 0 Å². The number of carbonyl (C=O) groups is 2. The molecule has 28 heavy (non-hydrogen) atoms. The molecule has 13 heteroatoms. The lowest BCUT2D eigenvalue weighted by Crippen LogP contribution is -2.36.